The Kier molecular flexibility index (Phi) is 3.65. The average Bonchev–Trinajstić information content (AvgIpc) is 2.97. The maximum atomic E-state index is 14.0. The molecular formula is C15H11FN4O4. The zero-order valence-corrected chi connectivity index (χ0v) is 12.2. The number of fused-ring (bicyclic) bond motifs is 1. The number of nitrogens with zero attached hydrogens (tertiary/aromatic N) is 4. The van der Waals surface area contributed by atoms with Gasteiger partial charge in [0.1, 0.15) is 24.3 Å². The maximum Gasteiger partial charge on any atom is 0.417 e. The summed E-state index contributed by atoms with van der Waals surface area (Å²) in [7, 11) is 0. The zero-order chi connectivity index (χ0) is 17.4. The first-order chi connectivity index (χ1) is 11.4. The van der Waals surface area contributed by atoms with E-state index in [0.29, 0.717) is 5.69 Å². The molecule has 3 rings (SSSR count). The van der Waals surface area contributed by atoms with Crippen LogP contribution in [-0.2, 0) is 6.42 Å². The molecule has 1 aromatic carbocycles. The van der Waals surface area contributed by atoms with Crippen LogP contribution in [0.1, 0.15) is 28.6 Å². The van der Waals surface area contributed by atoms with Gasteiger partial charge >= 0.3 is 12.2 Å². The van der Waals surface area contributed by atoms with Crippen LogP contribution in [0.3, 0.4) is 0 Å². The van der Waals surface area contributed by atoms with Crippen LogP contribution in [0.2, 0.25) is 0 Å². The normalized spacial score (nSPS) is 16.3. The van der Waals surface area contributed by atoms with Gasteiger partial charge in [0.25, 0.3) is 0 Å². The minimum absolute atomic E-state index is 0.102. The molecular weight excluding hydrogens is 319 g/mol. The lowest BCUT2D eigenvalue weighted by molar-refractivity contribution is 0.126. The van der Waals surface area contributed by atoms with E-state index in [2.05, 4.69) is 4.98 Å². The monoisotopic (exact) mass is 330 g/mol. The number of halogens is 1. The van der Waals surface area contributed by atoms with Crippen molar-refractivity contribution in [2.24, 2.45) is 0 Å². The van der Waals surface area contributed by atoms with Crippen LogP contribution in [-0.4, -0.2) is 43.4 Å². The molecule has 24 heavy (non-hydrogen) atoms. The van der Waals surface area contributed by atoms with Crippen LogP contribution in [0.4, 0.5) is 14.0 Å². The van der Waals surface area contributed by atoms with Crippen molar-refractivity contribution in [2.45, 2.75) is 12.5 Å². The topological polar surface area (TPSA) is 119 Å². The molecule has 2 heterocycles. The average molecular weight is 330 g/mol. The Bertz CT molecular complexity index is 886. The maximum absolute atomic E-state index is 14.0. The van der Waals surface area contributed by atoms with E-state index in [9.17, 15) is 24.2 Å². The van der Waals surface area contributed by atoms with Gasteiger partial charge in [-0.3, -0.25) is 4.90 Å². The first-order valence-corrected chi connectivity index (χ1v) is 6.92. The van der Waals surface area contributed by atoms with Crippen molar-refractivity contribution in [2.75, 3.05) is 6.54 Å². The third kappa shape index (κ3) is 2.34. The number of hydrogen-bond acceptors (Lipinski definition) is 4. The molecule has 9 heteroatoms. The van der Waals surface area contributed by atoms with Crippen molar-refractivity contribution in [3.8, 4) is 6.07 Å². The minimum Gasteiger partial charge on any atom is -0.465 e. The van der Waals surface area contributed by atoms with Crippen LogP contribution in [0.5, 0.6) is 0 Å². The summed E-state index contributed by atoms with van der Waals surface area (Å²) in [6.07, 6.45) is -1.20. The SMILES string of the molecule is N#Cc1ccc(C2c3c(ncn3C(=O)O)CCN2C(=O)O)cc1F. The summed E-state index contributed by atoms with van der Waals surface area (Å²) in [5, 5.41) is 27.5. The van der Waals surface area contributed by atoms with E-state index >= 15 is 0 Å². The van der Waals surface area contributed by atoms with E-state index < -0.39 is 24.0 Å². The summed E-state index contributed by atoms with van der Waals surface area (Å²) in [4.78, 5) is 28.0. The summed E-state index contributed by atoms with van der Waals surface area (Å²) in [6.45, 7) is 0.102. The fourth-order valence-corrected chi connectivity index (χ4v) is 2.87. The lowest BCUT2D eigenvalue weighted by atomic mass is 9.95. The molecule has 0 spiro atoms. The number of benzene rings is 1. The van der Waals surface area contributed by atoms with Crippen molar-refractivity contribution in [3.05, 3.63) is 52.9 Å². The van der Waals surface area contributed by atoms with Crippen LogP contribution in [0.25, 0.3) is 0 Å². The van der Waals surface area contributed by atoms with Gasteiger partial charge in [-0.2, -0.15) is 5.26 Å². The van der Waals surface area contributed by atoms with Gasteiger partial charge in [0.2, 0.25) is 0 Å². The Morgan fingerprint density at radius 2 is 2.08 bits per heavy atom. The van der Waals surface area contributed by atoms with Gasteiger partial charge in [0, 0.05) is 13.0 Å². The highest BCUT2D eigenvalue weighted by molar-refractivity contribution is 5.72. The lowest BCUT2D eigenvalue weighted by Gasteiger charge is -2.34. The molecule has 1 atom stereocenters. The van der Waals surface area contributed by atoms with Crippen molar-refractivity contribution in [3.63, 3.8) is 0 Å². The van der Waals surface area contributed by atoms with Crippen molar-refractivity contribution >= 4 is 12.2 Å². The van der Waals surface area contributed by atoms with Crippen molar-refractivity contribution in [1.29, 1.82) is 5.26 Å². The van der Waals surface area contributed by atoms with Crippen molar-refractivity contribution < 1.29 is 24.2 Å². The van der Waals surface area contributed by atoms with E-state index in [0.717, 1.165) is 21.9 Å². The Morgan fingerprint density at radius 3 is 2.67 bits per heavy atom. The van der Waals surface area contributed by atoms with E-state index in [4.69, 9.17) is 5.26 Å². The second-order valence-electron chi connectivity index (χ2n) is 5.21. The number of amides is 1. The number of hydrogen-bond donors (Lipinski definition) is 2. The third-order valence-corrected chi connectivity index (χ3v) is 3.93. The molecule has 1 unspecified atom stereocenters. The van der Waals surface area contributed by atoms with Gasteiger partial charge in [-0.1, -0.05) is 6.07 Å². The molecule has 8 nitrogen and oxygen atoms in total. The zero-order valence-electron chi connectivity index (χ0n) is 12.2. The highest BCUT2D eigenvalue weighted by Gasteiger charge is 2.37. The number of imidazole rings is 1. The molecule has 0 saturated heterocycles. The summed E-state index contributed by atoms with van der Waals surface area (Å²) in [5.74, 6) is -0.797. The highest BCUT2D eigenvalue weighted by Crippen LogP contribution is 2.35. The van der Waals surface area contributed by atoms with E-state index in [1.165, 1.54) is 12.1 Å². The van der Waals surface area contributed by atoms with Crippen LogP contribution >= 0.6 is 0 Å². The third-order valence-electron chi connectivity index (χ3n) is 3.93. The quantitative estimate of drug-likeness (QED) is 0.826. The standard InChI is InChI=1S/C15H11FN4O4/c16-10-5-8(1-2-9(10)6-17)12-13-11(3-4-19(12)14(21)22)18-7-20(13)15(23)24/h1-2,5,7,12H,3-4H2,(H,21,22)(H,23,24). The summed E-state index contributed by atoms with van der Waals surface area (Å²) in [5.41, 5.74) is 0.672. The van der Waals surface area contributed by atoms with Gasteiger partial charge in [-0.05, 0) is 17.7 Å². The molecule has 0 radical (unpaired) electrons. The van der Waals surface area contributed by atoms with Crippen LogP contribution in [0.15, 0.2) is 24.5 Å². The van der Waals surface area contributed by atoms with E-state index in [1.54, 1.807) is 6.07 Å². The number of nitriles is 1. The molecule has 122 valence electrons. The Hall–Kier alpha value is -3.41. The van der Waals surface area contributed by atoms with Gasteiger partial charge in [-0.25, -0.2) is 23.5 Å². The summed E-state index contributed by atoms with van der Waals surface area (Å²) in [6, 6.07) is 4.36. The lowest BCUT2D eigenvalue weighted by Crippen LogP contribution is -2.41. The second kappa shape index (κ2) is 5.66. The highest BCUT2D eigenvalue weighted by atomic mass is 19.1. The van der Waals surface area contributed by atoms with E-state index in [1.807, 2.05) is 0 Å². The van der Waals surface area contributed by atoms with Gasteiger partial charge < -0.3 is 10.2 Å². The van der Waals surface area contributed by atoms with E-state index in [-0.39, 0.29) is 29.8 Å². The largest absolute Gasteiger partial charge is 0.465 e. The summed E-state index contributed by atoms with van der Waals surface area (Å²) >= 11 is 0. The van der Waals surface area contributed by atoms with Crippen LogP contribution < -0.4 is 0 Å². The summed E-state index contributed by atoms with van der Waals surface area (Å²) < 4.78 is 14.8. The number of carbonyl (C=O) groups is 2. The molecule has 0 bridgehead atoms. The Balaban J connectivity index is 2.21. The molecule has 2 N–H and O–H groups in total. The predicted molar refractivity (Wildman–Crippen MR) is 77.0 cm³/mol. The molecule has 1 amide bonds. The predicted octanol–water partition coefficient (Wildman–Crippen LogP) is 2.05. The molecule has 0 saturated carbocycles. The molecule has 1 aromatic heterocycles. The number of rotatable bonds is 1. The Morgan fingerprint density at radius 1 is 1.33 bits per heavy atom. The number of aromatic nitrogens is 2. The molecule has 0 aliphatic carbocycles. The first-order valence-electron chi connectivity index (χ1n) is 6.92. The fourth-order valence-electron chi connectivity index (χ4n) is 2.87. The molecule has 2 aromatic rings. The first kappa shape index (κ1) is 15.5. The fraction of sp³-hybridized carbons (Fsp3) is 0.200. The minimum atomic E-state index is -1.31. The number of carboxylic acid groups (broad SMARTS) is 2. The van der Waals surface area contributed by atoms with Gasteiger partial charge in [0.15, 0.2) is 0 Å². The van der Waals surface area contributed by atoms with Gasteiger partial charge in [0.05, 0.1) is 17.0 Å². The molecule has 0 fully saturated rings. The van der Waals surface area contributed by atoms with Gasteiger partial charge in [-0.15, -0.1) is 0 Å². The smallest absolute Gasteiger partial charge is 0.417 e. The van der Waals surface area contributed by atoms with Crippen LogP contribution in [0, 0.1) is 17.1 Å². The molecule has 1 aliphatic rings. The van der Waals surface area contributed by atoms with Crippen molar-refractivity contribution in [1.82, 2.24) is 14.5 Å². The molecule has 1 aliphatic heterocycles. The second-order valence-corrected chi connectivity index (χ2v) is 5.21. The Labute approximate surface area is 135 Å².